The molecule has 0 bridgehead atoms. The van der Waals surface area contributed by atoms with Gasteiger partial charge in [0, 0.05) is 6.42 Å². The Bertz CT molecular complexity index is 900. The molecule has 3 amide bonds. The van der Waals surface area contributed by atoms with Crippen molar-refractivity contribution >= 4 is 23.7 Å². The van der Waals surface area contributed by atoms with Gasteiger partial charge in [-0.3, -0.25) is 19.2 Å². The Balaban J connectivity index is 2.90. The first kappa shape index (κ1) is 32.9. The zero-order chi connectivity index (χ0) is 28.8. The molecular formula is C25H40N4O9. The topological polar surface area (TPSA) is 232 Å². The number of carboxylic acid groups (broad SMARTS) is 1. The van der Waals surface area contributed by atoms with Crippen LogP contribution in [0.15, 0.2) is 30.3 Å². The molecule has 13 heteroatoms. The Morgan fingerprint density at radius 1 is 0.921 bits per heavy atom. The second kappa shape index (κ2) is 16.7. The molecule has 0 aliphatic heterocycles. The van der Waals surface area contributed by atoms with Gasteiger partial charge < -0.3 is 47.2 Å². The molecule has 0 aromatic heterocycles. The molecule has 0 spiro atoms. The van der Waals surface area contributed by atoms with Crippen molar-refractivity contribution in [1.82, 2.24) is 16.0 Å². The Labute approximate surface area is 221 Å². The van der Waals surface area contributed by atoms with Crippen molar-refractivity contribution < 1.29 is 44.7 Å². The van der Waals surface area contributed by atoms with Crippen LogP contribution in [0, 0.1) is 5.92 Å². The molecule has 0 saturated heterocycles. The van der Waals surface area contributed by atoms with E-state index in [1.165, 1.54) is 0 Å². The zero-order valence-corrected chi connectivity index (χ0v) is 21.6. The maximum absolute atomic E-state index is 12.8. The number of benzene rings is 1. The highest BCUT2D eigenvalue weighted by Gasteiger charge is 2.37. The van der Waals surface area contributed by atoms with Gasteiger partial charge in [-0.2, -0.15) is 0 Å². The van der Waals surface area contributed by atoms with E-state index in [9.17, 15) is 44.7 Å². The van der Waals surface area contributed by atoms with Gasteiger partial charge in [-0.15, -0.1) is 0 Å². The molecule has 1 aromatic rings. The van der Waals surface area contributed by atoms with Crippen molar-refractivity contribution in [2.75, 3.05) is 13.2 Å². The first-order valence-electron chi connectivity index (χ1n) is 12.4. The maximum Gasteiger partial charge on any atom is 0.305 e. The molecule has 0 radical (unpaired) electrons. The Morgan fingerprint density at radius 3 is 2.08 bits per heavy atom. The van der Waals surface area contributed by atoms with Gasteiger partial charge in [0.25, 0.3) is 5.91 Å². The van der Waals surface area contributed by atoms with E-state index in [0.717, 1.165) is 0 Å². The smallest absolute Gasteiger partial charge is 0.305 e. The van der Waals surface area contributed by atoms with Crippen molar-refractivity contribution in [2.45, 2.75) is 76.0 Å². The van der Waals surface area contributed by atoms with Crippen LogP contribution in [-0.2, 0) is 19.2 Å². The molecular weight excluding hydrogens is 500 g/mol. The lowest BCUT2D eigenvalue weighted by Gasteiger charge is -2.30. The first-order valence-corrected chi connectivity index (χ1v) is 12.4. The van der Waals surface area contributed by atoms with E-state index in [0.29, 0.717) is 18.5 Å². The third-order valence-electron chi connectivity index (χ3n) is 5.74. The molecule has 1 aromatic carbocycles. The van der Waals surface area contributed by atoms with Crippen LogP contribution in [0.3, 0.4) is 0 Å². The summed E-state index contributed by atoms with van der Waals surface area (Å²) in [5, 5.41) is 57.5. The quantitative estimate of drug-likeness (QED) is 0.107. The predicted octanol–water partition coefficient (Wildman–Crippen LogP) is -1.85. The summed E-state index contributed by atoms with van der Waals surface area (Å²) in [6.45, 7) is 3.09. The van der Waals surface area contributed by atoms with E-state index in [-0.39, 0.29) is 18.8 Å². The molecule has 1 rings (SSSR count). The average Bonchev–Trinajstić information content (AvgIpc) is 2.88. The number of carbonyl (C=O) groups is 4. The van der Waals surface area contributed by atoms with E-state index in [1.807, 2.05) is 13.8 Å². The third kappa shape index (κ3) is 11.1. The number of amides is 3. The summed E-state index contributed by atoms with van der Waals surface area (Å²) in [5.41, 5.74) is 5.84. The third-order valence-corrected chi connectivity index (χ3v) is 5.74. The number of nitrogens with two attached hydrogens (primary N) is 1. The lowest BCUT2D eigenvalue weighted by atomic mass is 9.98. The highest BCUT2D eigenvalue weighted by molar-refractivity contribution is 5.88. The minimum absolute atomic E-state index is 0.00229. The number of hydrogen-bond donors (Lipinski definition) is 9. The summed E-state index contributed by atoms with van der Waals surface area (Å²) in [6.07, 6.45) is -6.11. The monoisotopic (exact) mass is 540 g/mol. The van der Waals surface area contributed by atoms with E-state index >= 15 is 0 Å². The maximum atomic E-state index is 12.8. The van der Waals surface area contributed by atoms with E-state index in [4.69, 9.17) is 5.73 Å². The Kier molecular flexibility index (Phi) is 14.5. The van der Waals surface area contributed by atoms with Gasteiger partial charge in [0.2, 0.25) is 11.8 Å². The number of carboxylic acids is 1. The summed E-state index contributed by atoms with van der Waals surface area (Å²) in [7, 11) is 0. The molecule has 0 fully saturated rings. The van der Waals surface area contributed by atoms with Crippen LogP contribution in [0.4, 0.5) is 0 Å². The average molecular weight is 541 g/mol. The van der Waals surface area contributed by atoms with Crippen molar-refractivity contribution in [2.24, 2.45) is 11.7 Å². The molecule has 10 N–H and O–H groups in total. The number of carbonyl (C=O) groups excluding carboxylic acids is 3. The van der Waals surface area contributed by atoms with Crippen molar-refractivity contribution in [3.63, 3.8) is 0 Å². The molecule has 214 valence electrons. The minimum atomic E-state index is -2.22. The molecule has 6 atom stereocenters. The van der Waals surface area contributed by atoms with Gasteiger partial charge in [-0.1, -0.05) is 44.2 Å². The minimum Gasteiger partial charge on any atom is -0.481 e. The largest absolute Gasteiger partial charge is 0.481 e. The summed E-state index contributed by atoms with van der Waals surface area (Å²) >= 11 is 0. The standard InChI is InChI=1S/C25H40N4O9/c1-14(2)11-17(27-19(31)9-6-10-26)24(37)29-18(13-30)21(34)22(35)23(36)25(38)28-16(12-20(32)33)15-7-4-3-5-8-15/h3-5,7-8,14,16-18,21-23,30,34-36H,6,9-13,26H2,1-2H3,(H,27,31)(H,28,38)(H,29,37)(H,32,33)/t16-,17-,18-,21+,22+,23-/m0/s1. The molecule has 0 aliphatic rings. The van der Waals surface area contributed by atoms with Crippen LogP contribution in [0.2, 0.25) is 0 Å². The van der Waals surface area contributed by atoms with Crippen LogP contribution < -0.4 is 21.7 Å². The van der Waals surface area contributed by atoms with Crippen LogP contribution in [0.1, 0.15) is 51.1 Å². The number of aliphatic carboxylic acids is 1. The summed E-state index contributed by atoms with van der Waals surface area (Å²) in [4.78, 5) is 48.8. The van der Waals surface area contributed by atoms with Crippen LogP contribution in [0.25, 0.3) is 0 Å². The highest BCUT2D eigenvalue weighted by atomic mass is 16.4. The fourth-order valence-electron chi connectivity index (χ4n) is 3.70. The second-order valence-electron chi connectivity index (χ2n) is 9.44. The number of rotatable bonds is 17. The first-order chi connectivity index (χ1) is 17.9. The normalized spacial score (nSPS) is 16.0. The van der Waals surface area contributed by atoms with Gasteiger partial charge in [0.1, 0.15) is 18.2 Å². The highest BCUT2D eigenvalue weighted by Crippen LogP contribution is 2.17. The summed E-state index contributed by atoms with van der Waals surface area (Å²) < 4.78 is 0. The molecule has 38 heavy (non-hydrogen) atoms. The Hall–Kier alpha value is -3.10. The molecule has 0 aliphatic carbocycles. The lowest BCUT2D eigenvalue weighted by Crippen LogP contribution is -2.59. The number of hydrogen-bond acceptors (Lipinski definition) is 9. The van der Waals surface area contributed by atoms with Gasteiger partial charge in [0.15, 0.2) is 6.10 Å². The van der Waals surface area contributed by atoms with Crippen LogP contribution in [0.5, 0.6) is 0 Å². The zero-order valence-electron chi connectivity index (χ0n) is 21.6. The molecule has 0 saturated carbocycles. The molecule has 13 nitrogen and oxygen atoms in total. The van der Waals surface area contributed by atoms with Gasteiger partial charge in [-0.25, -0.2) is 0 Å². The number of nitrogens with one attached hydrogen (secondary N) is 3. The van der Waals surface area contributed by atoms with Gasteiger partial charge in [-0.05, 0) is 30.9 Å². The van der Waals surface area contributed by atoms with E-state index in [2.05, 4.69) is 16.0 Å². The van der Waals surface area contributed by atoms with Crippen molar-refractivity contribution in [1.29, 1.82) is 0 Å². The molecule has 0 unspecified atom stereocenters. The Morgan fingerprint density at radius 2 is 1.55 bits per heavy atom. The number of aliphatic hydroxyl groups is 4. The van der Waals surface area contributed by atoms with Crippen molar-refractivity contribution in [3.05, 3.63) is 35.9 Å². The van der Waals surface area contributed by atoms with E-state index < -0.39 is 73.2 Å². The van der Waals surface area contributed by atoms with Gasteiger partial charge >= 0.3 is 5.97 Å². The fourth-order valence-corrected chi connectivity index (χ4v) is 3.70. The molecule has 0 heterocycles. The predicted molar refractivity (Wildman–Crippen MR) is 136 cm³/mol. The summed E-state index contributed by atoms with van der Waals surface area (Å²) in [5.74, 6) is -3.53. The fraction of sp³-hybridized carbons (Fsp3) is 0.600. The SMILES string of the molecule is CC(C)C[C@H](NC(=O)CCCN)C(=O)N[C@@H](CO)[C@@H](O)[C@@H](O)[C@H](O)C(=O)N[C@@H](CC(=O)O)c1ccccc1. The van der Waals surface area contributed by atoms with E-state index in [1.54, 1.807) is 30.3 Å². The summed E-state index contributed by atoms with van der Waals surface area (Å²) in [6, 6.07) is 4.57. The number of aliphatic hydroxyl groups excluding tert-OH is 4. The van der Waals surface area contributed by atoms with Crippen LogP contribution in [-0.4, -0.2) is 92.8 Å². The lowest BCUT2D eigenvalue weighted by molar-refractivity contribution is -0.145. The van der Waals surface area contributed by atoms with Gasteiger partial charge in [0.05, 0.1) is 25.1 Å². The van der Waals surface area contributed by atoms with Crippen molar-refractivity contribution in [3.8, 4) is 0 Å². The van der Waals surface area contributed by atoms with Crippen LogP contribution >= 0.6 is 0 Å². The second-order valence-corrected chi connectivity index (χ2v) is 9.44.